The van der Waals surface area contributed by atoms with Crippen molar-refractivity contribution in [2.24, 2.45) is 5.41 Å². The van der Waals surface area contributed by atoms with Crippen LogP contribution in [-0.2, 0) is 16.0 Å². The van der Waals surface area contributed by atoms with Crippen LogP contribution in [0.2, 0.25) is 0 Å². The SMILES string of the molecule is C=CCOC(=O)C1(C(F)F)Cc2c(C)cccc2C1=O. The molecule has 1 aromatic carbocycles. The smallest absolute Gasteiger partial charge is 0.326 e. The summed E-state index contributed by atoms with van der Waals surface area (Å²) in [5.74, 6) is -2.05. The van der Waals surface area contributed by atoms with Crippen molar-refractivity contribution in [1.29, 1.82) is 0 Å². The Kier molecular flexibility index (Phi) is 3.70. The summed E-state index contributed by atoms with van der Waals surface area (Å²) in [6.45, 7) is 4.88. The minimum atomic E-state index is -3.11. The summed E-state index contributed by atoms with van der Waals surface area (Å²) < 4.78 is 31.7. The Bertz CT molecular complexity index is 580. The first-order chi connectivity index (χ1) is 9.45. The van der Waals surface area contributed by atoms with Gasteiger partial charge in [0.2, 0.25) is 0 Å². The molecule has 0 fully saturated rings. The molecule has 1 aliphatic carbocycles. The molecule has 0 spiro atoms. The number of halogens is 2. The van der Waals surface area contributed by atoms with Crippen LogP contribution in [0.1, 0.15) is 21.5 Å². The summed E-state index contributed by atoms with van der Waals surface area (Å²) in [6, 6.07) is 4.81. The number of Topliss-reactive ketones (excluding diaryl/α,β-unsaturated/α-hetero) is 1. The van der Waals surface area contributed by atoms with Crippen molar-refractivity contribution in [2.75, 3.05) is 6.61 Å². The molecule has 1 unspecified atom stereocenters. The number of fused-ring (bicyclic) bond motifs is 1. The Hall–Kier alpha value is -2.04. The average molecular weight is 280 g/mol. The maximum atomic E-state index is 13.5. The summed E-state index contributed by atoms with van der Waals surface area (Å²) in [7, 11) is 0. The molecule has 1 atom stereocenters. The molecule has 1 aromatic rings. The Morgan fingerprint density at radius 1 is 1.55 bits per heavy atom. The van der Waals surface area contributed by atoms with Crippen LogP contribution in [0.5, 0.6) is 0 Å². The normalized spacial score (nSPS) is 20.9. The van der Waals surface area contributed by atoms with Crippen LogP contribution in [0.15, 0.2) is 30.9 Å². The van der Waals surface area contributed by atoms with E-state index in [1.807, 2.05) is 0 Å². The van der Waals surface area contributed by atoms with Crippen LogP contribution in [0, 0.1) is 12.3 Å². The predicted molar refractivity (Wildman–Crippen MR) is 68.8 cm³/mol. The third-order valence-corrected chi connectivity index (χ3v) is 3.58. The highest BCUT2D eigenvalue weighted by Crippen LogP contribution is 2.43. The van der Waals surface area contributed by atoms with E-state index in [0.29, 0.717) is 5.56 Å². The number of rotatable bonds is 4. The Morgan fingerprint density at radius 2 is 2.25 bits per heavy atom. The number of benzene rings is 1. The van der Waals surface area contributed by atoms with Crippen LogP contribution in [-0.4, -0.2) is 24.8 Å². The van der Waals surface area contributed by atoms with Crippen LogP contribution in [0.4, 0.5) is 8.78 Å². The number of aryl methyl sites for hydroxylation is 1. The molecule has 2 rings (SSSR count). The number of ketones is 1. The van der Waals surface area contributed by atoms with Gasteiger partial charge in [-0.3, -0.25) is 9.59 Å². The highest BCUT2D eigenvalue weighted by atomic mass is 19.3. The molecule has 0 saturated carbocycles. The van der Waals surface area contributed by atoms with Gasteiger partial charge >= 0.3 is 5.97 Å². The Morgan fingerprint density at radius 3 is 2.80 bits per heavy atom. The summed E-state index contributed by atoms with van der Waals surface area (Å²) >= 11 is 0. The quantitative estimate of drug-likeness (QED) is 0.484. The first kappa shape index (κ1) is 14.4. The van der Waals surface area contributed by atoms with Gasteiger partial charge in [-0.05, 0) is 18.1 Å². The van der Waals surface area contributed by atoms with Crippen molar-refractivity contribution < 1.29 is 23.1 Å². The van der Waals surface area contributed by atoms with Gasteiger partial charge in [0.1, 0.15) is 6.61 Å². The van der Waals surface area contributed by atoms with Crippen molar-refractivity contribution in [3.8, 4) is 0 Å². The summed E-state index contributed by atoms with van der Waals surface area (Å²) in [5.41, 5.74) is -1.03. The van der Waals surface area contributed by atoms with Gasteiger partial charge in [0.25, 0.3) is 6.43 Å². The molecular weight excluding hydrogens is 266 g/mol. The highest BCUT2D eigenvalue weighted by Gasteiger charge is 2.59. The zero-order valence-electron chi connectivity index (χ0n) is 11.0. The van der Waals surface area contributed by atoms with Crippen molar-refractivity contribution in [1.82, 2.24) is 0 Å². The molecule has 0 aromatic heterocycles. The third kappa shape index (κ3) is 1.94. The number of carbonyl (C=O) groups is 2. The van der Waals surface area contributed by atoms with Crippen LogP contribution in [0.3, 0.4) is 0 Å². The van der Waals surface area contributed by atoms with Crippen molar-refractivity contribution in [3.63, 3.8) is 0 Å². The second-order valence-electron chi connectivity index (χ2n) is 4.77. The molecule has 0 N–H and O–H groups in total. The van der Waals surface area contributed by atoms with Crippen molar-refractivity contribution in [3.05, 3.63) is 47.5 Å². The largest absolute Gasteiger partial charge is 0.461 e. The zero-order valence-corrected chi connectivity index (χ0v) is 11.0. The lowest BCUT2D eigenvalue weighted by Gasteiger charge is -2.23. The molecule has 0 heterocycles. The van der Waals surface area contributed by atoms with Crippen LogP contribution < -0.4 is 0 Å². The molecule has 0 saturated heterocycles. The number of carbonyl (C=O) groups excluding carboxylic acids is 2. The number of esters is 1. The van der Waals surface area contributed by atoms with E-state index >= 15 is 0 Å². The molecule has 0 bridgehead atoms. The number of hydrogen-bond donors (Lipinski definition) is 0. The fraction of sp³-hybridized carbons (Fsp3) is 0.333. The lowest BCUT2D eigenvalue weighted by molar-refractivity contribution is -0.159. The molecule has 106 valence electrons. The van der Waals surface area contributed by atoms with E-state index in [1.54, 1.807) is 19.1 Å². The van der Waals surface area contributed by atoms with E-state index in [2.05, 4.69) is 6.58 Å². The van der Waals surface area contributed by atoms with E-state index in [-0.39, 0.29) is 18.6 Å². The number of hydrogen-bond acceptors (Lipinski definition) is 3. The number of ether oxygens (including phenoxy) is 1. The second-order valence-corrected chi connectivity index (χ2v) is 4.77. The minimum Gasteiger partial charge on any atom is -0.461 e. The first-order valence-corrected chi connectivity index (χ1v) is 6.14. The standard InChI is InChI=1S/C15H14F2O3/c1-3-7-20-14(19)15(13(16)17)8-11-9(2)5-4-6-10(11)12(15)18/h3-6,13H,1,7-8H2,2H3. The van der Waals surface area contributed by atoms with Crippen LogP contribution in [0.25, 0.3) is 0 Å². The van der Waals surface area contributed by atoms with Gasteiger partial charge in [0.15, 0.2) is 11.2 Å². The summed E-state index contributed by atoms with van der Waals surface area (Å²) in [6.07, 6.45) is -2.16. The summed E-state index contributed by atoms with van der Waals surface area (Å²) in [4.78, 5) is 24.3. The highest BCUT2D eigenvalue weighted by molar-refractivity contribution is 6.16. The van der Waals surface area contributed by atoms with Gasteiger partial charge in [0, 0.05) is 12.0 Å². The van der Waals surface area contributed by atoms with Crippen LogP contribution >= 0.6 is 0 Å². The maximum Gasteiger partial charge on any atom is 0.326 e. The van der Waals surface area contributed by atoms with Gasteiger partial charge in [-0.25, -0.2) is 8.78 Å². The Balaban J connectivity index is 2.48. The average Bonchev–Trinajstić information content (AvgIpc) is 2.72. The summed E-state index contributed by atoms with van der Waals surface area (Å²) in [5, 5.41) is 0. The fourth-order valence-corrected chi connectivity index (χ4v) is 2.44. The lowest BCUT2D eigenvalue weighted by atomic mass is 9.84. The Labute approximate surface area is 115 Å². The van der Waals surface area contributed by atoms with Gasteiger partial charge in [-0.1, -0.05) is 30.9 Å². The second kappa shape index (κ2) is 5.15. The van der Waals surface area contributed by atoms with Crippen molar-refractivity contribution >= 4 is 11.8 Å². The van der Waals surface area contributed by atoms with Gasteiger partial charge < -0.3 is 4.74 Å². The zero-order chi connectivity index (χ0) is 14.9. The van der Waals surface area contributed by atoms with Gasteiger partial charge in [0.05, 0.1) is 0 Å². The first-order valence-electron chi connectivity index (χ1n) is 6.14. The molecule has 0 aliphatic heterocycles. The van der Waals surface area contributed by atoms with E-state index in [1.165, 1.54) is 12.1 Å². The van der Waals surface area contributed by atoms with E-state index < -0.39 is 23.6 Å². The predicted octanol–water partition coefficient (Wildman–Crippen LogP) is 2.71. The minimum absolute atomic E-state index is 0.181. The molecule has 0 radical (unpaired) electrons. The molecule has 5 heteroatoms. The molecule has 20 heavy (non-hydrogen) atoms. The molecule has 0 amide bonds. The van der Waals surface area contributed by atoms with Crippen molar-refractivity contribution in [2.45, 2.75) is 19.8 Å². The van der Waals surface area contributed by atoms with E-state index in [0.717, 1.165) is 5.56 Å². The lowest BCUT2D eigenvalue weighted by Crippen LogP contribution is -2.45. The van der Waals surface area contributed by atoms with E-state index in [4.69, 9.17) is 4.74 Å². The molecule has 1 aliphatic rings. The molecular formula is C15H14F2O3. The number of alkyl halides is 2. The molecule has 3 nitrogen and oxygen atoms in total. The van der Waals surface area contributed by atoms with E-state index in [9.17, 15) is 18.4 Å². The topological polar surface area (TPSA) is 43.4 Å². The monoisotopic (exact) mass is 280 g/mol. The van der Waals surface area contributed by atoms with Gasteiger partial charge in [-0.15, -0.1) is 0 Å². The fourth-order valence-electron chi connectivity index (χ4n) is 2.44. The third-order valence-electron chi connectivity index (χ3n) is 3.58. The van der Waals surface area contributed by atoms with Gasteiger partial charge in [-0.2, -0.15) is 0 Å². The maximum absolute atomic E-state index is 13.5.